The Bertz CT molecular complexity index is 2220. The average Bonchev–Trinajstić information content (AvgIpc) is 3.89. The van der Waals surface area contributed by atoms with Crippen molar-refractivity contribution >= 4 is 51.4 Å². The van der Waals surface area contributed by atoms with Gasteiger partial charge in [-0.05, 0) is 62.4 Å². The third-order valence-corrected chi connectivity index (χ3v) is 10.5. The summed E-state index contributed by atoms with van der Waals surface area (Å²) in [6, 6.07) is 14.0. The third-order valence-electron chi connectivity index (χ3n) is 9.71. The van der Waals surface area contributed by atoms with E-state index in [1.807, 2.05) is 18.2 Å². The Morgan fingerprint density at radius 1 is 0.980 bits per heavy atom. The van der Waals surface area contributed by atoms with E-state index in [1.54, 1.807) is 25.3 Å². The molecule has 0 radical (unpaired) electrons. The molecule has 0 bridgehead atoms. The van der Waals surface area contributed by atoms with Gasteiger partial charge in [-0.1, -0.05) is 53.5 Å². The van der Waals surface area contributed by atoms with Gasteiger partial charge in [0, 0.05) is 47.7 Å². The van der Waals surface area contributed by atoms with Crippen molar-refractivity contribution in [1.29, 1.82) is 0 Å². The van der Waals surface area contributed by atoms with Gasteiger partial charge in [-0.15, -0.1) is 0 Å². The zero-order chi connectivity index (χ0) is 35.9. The minimum atomic E-state index is -2.85. The van der Waals surface area contributed by atoms with Crippen molar-refractivity contribution in [3.05, 3.63) is 91.9 Å². The molecule has 264 valence electrons. The van der Waals surface area contributed by atoms with Gasteiger partial charge in [-0.25, -0.2) is 23.4 Å². The highest BCUT2D eigenvalue weighted by Crippen LogP contribution is 2.43. The van der Waals surface area contributed by atoms with Gasteiger partial charge in [0.05, 0.1) is 45.7 Å². The Kier molecular flexibility index (Phi) is 9.66. The maximum absolute atomic E-state index is 13.7. The van der Waals surface area contributed by atoms with E-state index in [0.29, 0.717) is 33.4 Å². The molecule has 8 rings (SSSR count). The number of rotatable bonds is 6. The quantitative estimate of drug-likeness (QED) is 0.168. The van der Waals surface area contributed by atoms with E-state index in [-0.39, 0.29) is 33.1 Å². The summed E-state index contributed by atoms with van der Waals surface area (Å²) < 4.78 is 34.0. The van der Waals surface area contributed by atoms with Crippen LogP contribution in [0.5, 0.6) is 5.88 Å². The number of hydrogen-bond donors (Lipinski definition) is 3. The van der Waals surface area contributed by atoms with E-state index >= 15 is 0 Å². The van der Waals surface area contributed by atoms with E-state index in [0.717, 1.165) is 73.5 Å². The fourth-order valence-corrected chi connectivity index (χ4v) is 7.67. The average molecular weight is 735 g/mol. The zero-order valence-electron chi connectivity index (χ0n) is 28.0. The molecular formula is C37H35Cl2F2N7O3. The summed E-state index contributed by atoms with van der Waals surface area (Å²) in [5.41, 5.74) is 4.54. The molecule has 2 fully saturated rings. The number of alkyl halides is 2. The molecular weight excluding hydrogens is 699 g/mol. The lowest BCUT2D eigenvalue weighted by Crippen LogP contribution is -2.43. The summed E-state index contributed by atoms with van der Waals surface area (Å²) in [7, 11) is 3.09. The van der Waals surface area contributed by atoms with Crippen LogP contribution in [-0.4, -0.2) is 51.4 Å². The topological polar surface area (TPSA) is 123 Å². The van der Waals surface area contributed by atoms with Gasteiger partial charge in [-0.2, -0.15) is 5.10 Å². The maximum atomic E-state index is 13.7. The predicted molar refractivity (Wildman–Crippen MR) is 194 cm³/mol. The molecule has 51 heavy (non-hydrogen) atoms. The molecule has 5 aromatic rings. The molecule has 3 N–H and O–H groups in total. The summed E-state index contributed by atoms with van der Waals surface area (Å²) in [6.07, 6.45) is 4.29. The van der Waals surface area contributed by atoms with Gasteiger partial charge in [0.1, 0.15) is 11.5 Å². The summed E-state index contributed by atoms with van der Waals surface area (Å²) in [5, 5.41) is 14.3. The van der Waals surface area contributed by atoms with Crippen LogP contribution in [0.25, 0.3) is 33.2 Å². The number of nitrogens with one attached hydrogen (secondary N) is 3. The Labute approximate surface area is 302 Å². The van der Waals surface area contributed by atoms with Crippen molar-refractivity contribution in [2.24, 2.45) is 7.05 Å². The van der Waals surface area contributed by atoms with Gasteiger partial charge in [0.2, 0.25) is 11.8 Å². The van der Waals surface area contributed by atoms with Gasteiger partial charge in [-0.3, -0.25) is 9.59 Å². The first-order valence-electron chi connectivity index (χ1n) is 16.7. The highest BCUT2D eigenvalue weighted by molar-refractivity contribution is 6.39. The summed E-state index contributed by atoms with van der Waals surface area (Å²) in [4.78, 5) is 32.5. The molecule has 3 aliphatic rings. The number of ether oxygens (including phenoxy) is 1. The number of carbonyl (C=O) groups excluding carboxylic acids is 1. The molecule has 2 aliphatic heterocycles. The smallest absolute Gasteiger partial charge is 0.280 e. The van der Waals surface area contributed by atoms with Crippen molar-refractivity contribution in [3.63, 3.8) is 0 Å². The monoisotopic (exact) mass is 733 g/mol. The predicted octanol–water partition coefficient (Wildman–Crippen LogP) is 7.17. The molecule has 0 saturated carbocycles. The molecule has 1 aliphatic carbocycles. The second kappa shape index (κ2) is 14.2. The minimum absolute atomic E-state index is 0.0471. The number of nitrogens with zero attached hydrogens (tertiary/aromatic N) is 4. The molecule has 1 unspecified atom stereocenters. The Morgan fingerprint density at radius 3 is 2.45 bits per heavy atom. The van der Waals surface area contributed by atoms with E-state index in [2.05, 4.69) is 32.1 Å². The number of anilines is 2. The number of pyridine rings is 2. The van der Waals surface area contributed by atoms with Gasteiger partial charge in [0.25, 0.3) is 12.0 Å². The highest BCUT2D eigenvalue weighted by Gasteiger charge is 2.39. The Balaban J connectivity index is 0.000000347. The van der Waals surface area contributed by atoms with Crippen LogP contribution in [0, 0.1) is 0 Å². The second-order valence-electron chi connectivity index (χ2n) is 13.0. The number of halogens is 4. The lowest BCUT2D eigenvalue weighted by Gasteiger charge is -2.20. The van der Waals surface area contributed by atoms with E-state index in [4.69, 9.17) is 32.9 Å². The van der Waals surface area contributed by atoms with Crippen molar-refractivity contribution in [2.75, 3.05) is 25.5 Å². The van der Waals surface area contributed by atoms with Crippen LogP contribution < -0.4 is 26.2 Å². The number of fused-ring (bicyclic) bond motifs is 2. The SMILES string of the molecule is COc1nc(-c2cccc(-c3cccc(Nc4nc(C(F)F)cc5cnn(C)c(=O)c45)c3Cl)c2Cl)cc2c1CCC2.O=C1CCC2(CCNC2)N1. The molecule has 1 amide bonds. The number of aromatic nitrogens is 4. The first-order chi connectivity index (χ1) is 24.6. The van der Waals surface area contributed by atoms with Crippen LogP contribution in [0.3, 0.4) is 0 Å². The van der Waals surface area contributed by atoms with Crippen LogP contribution in [-0.2, 0) is 24.7 Å². The van der Waals surface area contributed by atoms with E-state index in [9.17, 15) is 18.4 Å². The minimum Gasteiger partial charge on any atom is -0.481 e. The fraction of sp³-hybridized carbons (Fsp3) is 0.324. The third kappa shape index (κ3) is 6.75. The molecule has 3 aromatic heterocycles. The first-order valence-corrected chi connectivity index (χ1v) is 17.4. The Morgan fingerprint density at radius 2 is 1.75 bits per heavy atom. The van der Waals surface area contributed by atoms with Gasteiger partial charge in [0.15, 0.2) is 0 Å². The van der Waals surface area contributed by atoms with Gasteiger partial charge < -0.3 is 20.7 Å². The van der Waals surface area contributed by atoms with Gasteiger partial charge >= 0.3 is 0 Å². The number of aryl methyl sites for hydroxylation is 2. The summed E-state index contributed by atoms with van der Waals surface area (Å²) in [5.74, 6) is 0.783. The molecule has 2 saturated heterocycles. The lowest BCUT2D eigenvalue weighted by atomic mass is 9.97. The molecule has 1 atom stereocenters. The molecule has 10 nitrogen and oxygen atoms in total. The second-order valence-corrected chi connectivity index (χ2v) is 13.7. The van der Waals surface area contributed by atoms with Crippen molar-refractivity contribution in [1.82, 2.24) is 30.4 Å². The van der Waals surface area contributed by atoms with E-state index in [1.165, 1.54) is 18.8 Å². The molecule has 1 spiro atoms. The number of amides is 1. The number of hydrogen-bond acceptors (Lipinski definition) is 8. The number of methoxy groups -OCH3 is 1. The fourth-order valence-electron chi connectivity index (χ4n) is 7.07. The maximum Gasteiger partial charge on any atom is 0.280 e. The Hall–Kier alpha value is -4.65. The largest absolute Gasteiger partial charge is 0.481 e. The van der Waals surface area contributed by atoms with Crippen LogP contribution in [0.1, 0.15) is 48.9 Å². The van der Waals surface area contributed by atoms with Crippen molar-refractivity contribution < 1.29 is 18.3 Å². The normalized spacial score (nSPS) is 17.8. The lowest BCUT2D eigenvalue weighted by molar-refractivity contribution is -0.119. The van der Waals surface area contributed by atoms with Crippen LogP contribution in [0.4, 0.5) is 20.3 Å². The van der Waals surface area contributed by atoms with Crippen molar-refractivity contribution in [2.45, 2.75) is 50.5 Å². The number of carbonyl (C=O) groups is 1. The molecule has 5 heterocycles. The molecule has 2 aromatic carbocycles. The van der Waals surface area contributed by atoms with Crippen LogP contribution in [0.15, 0.2) is 59.5 Å². The van der Waals surface area contributed by atoms with Crippen LogP contribution in [0.2, 0.25) is 10.0 Å². The highest BCUT2D eigenvalue weighted by atomic mass is 35.5. The molecule has 14 heteroatoms. The summed E-state index contributed by atoms with van der Waals surface area (Å²) >= 11 is 13.9. The number of benzene rings is 2. The summed E-state index contributed by atoms with van der Waals surface area (Å²) in [6.45, 7) is 2.03. The van der Waals surface area contributed by atoms with Crippen LogP contribution >= 0.6 is 23.2 Å². The van der Waals surface area contributed by atoms with E-state index < -0.39 is 17.7 Å². The standard InChI is InChI=1S/C30H23Cl2F2N5O2.C7H12N2O/c1-39-30(40)24-16(14-35-39)13-23(27(33)34)37-28(24)36-21-11-5-9-19(26(21)32)18-8-4-10-20(25(18)31)22-12-15-6-3-7-17(15)29(38-22)41-2;10-6-1-2-7(9-6)3-4-8-5-7/h4-5,8-14,27H,3,6-7H2,1-2H3,(H,36,37);8H,1-5H2,(H,9,10). The van der Waals surface area contributed by atoms with Crippen molar-refractivity contribution in [3.8, 4) is 28.3 Å². The zero-order valence-corrected chi connectivity index (χ0v) is 29.5. The first kappa shape index (κ1) is 34.8.